The van der Waals surface area contributed by atoms with Crippen LogP contribution in [0.25, 0.3) is 5.65 Å². The van der Waals surface area contributed by atoms with Crippen LogP contribution in [0.4, 0.5) is 10.2 Å². The number of anilines is 1. The van der Waals surface area contributed by atoms with Gasteiger partial charge in [-0.3, -0.25) is 15.2 Å². The number of carbonyl (C=O) groups excluding carboxylic acids is 1. The van der Waals surface area contributed by atoms with E-state index in [9.17, 15) is 9.18 Å². The Morgan fingerprint density at radius 1 is 1.29 bits per heavy atom. The first kappa shape index (κ1) is 19.9. The topological polar surface area (TPSA) is 78.7 Å². The van der Waals surface area contributed by atoms with Gasteiger partial charge in [0.1, 0.15) is 17.2 Å². The number of fused-ring (bicyclic) bond motifs is 5. The Labute approximate surface area is 180 Å². The molecule has 31 heavy (non-hydrogen) atoms. The molecule has 3 aromatic rings. The highest BCUT2D eigenvalue weighted by atomic mass is 19.1. The van der Waals surface area contributed by atoms with Gasteiger partial charge in [0, 0.05) is 37.9 Å². The molecular weight excluding hydrogens is 397 g/mol. The molecule has 1 atom stereocenters. The minimum absolute atomic E-state index is 0.00230. The SMILES string of the molecule is CC(C)CN1CCc2ncc(F)cc2C2CCCN2c2ccn3ncc(c3n2)C(=O)N1. The van der Waals surface area contributed by atoms with Crippen molar-refractivity contribution in [3.05, 3.63) is 53.4 Å². The van der Waals surface area contributed by atoms with Crippen molar-refractivity contribution in [1.29, 1.82) is 0 Å². The molecule has 2 bridgehead atoms. The van der Waals surface area contributed by atoms with Gasteiger partial charge in [-0.15, -0.1) is 0 Å². The summed E-state index contributed by atoms with van der Waals surface area (Å²) < 4.78 is 15.8. The van der Waals surface area contributed by atoms with Crippen molar-refractivity contribution in [2.24, 2.45) is 5.92 Å². The van der Waals surface area contributed by atoms with Crippen LogP contribution in [0.3, 0.4) is 0 Å². The predicted octanol–water partition coefficient (Wildman–Crippen LogP) is 2.76. The van der Waals surface area contributed by atoms with Gasteiger partial charge in [0.15, 0.2) is 5.65 Å². The van der Waals surface area contributed by atoms with E-state index in [1.54, 1.807) is 16.8 Å². The molecular formula is C22H26FN7O. The van der Waals surface area contributed by atoms with Crippen LogP contribution in [0.5, 0.6) is 0 Å². The smallest absolute Gasteiger partial charge is 0.271 e. The molecule has 1 amide bonds. The maximum atomic E-state index is 14.2. The lowest BCUT2D eigenvalue weighted by atomic mass is 10.0. The Kier molecular flexibility index (Phi) is 5.05. The van der Waals surface area contributed by atoms with Gasteiger partial charge in [-0.2, -0.15) is 5.10 Å². The first-order valence-electron chi connectivity index (χ1n) is 10.8. The van der Waals surface area contributed by atoms with Crippen molar-refractivity contribution in [3.63, 3.8) is 0 Å². The molecule has 1 fully saturated rings. The van der Waals surface area contributed by atoms with E-state index in [2.05, 4.69) is 34.3 Å². The molecule has 3 aromatic heterocycles. The monoisotopic (exact) mass is 423 g/mol. The quantitative estimate of drug-likeness (QED) is 0.683. The fourth-order valence-corrected chi connectivity index (χ4v) is 4.60. The molecule has 2 aliphatic heterocycles. The summed E-state index contributed by atoms with van der Waals surface area (Å²) in [5, 5.41) is 6.22. The predicted molar refractivity (Wildman–Crippen MR) is 114 cm³/mol. The number of halogens is 1. The second kappa shape index (κ2) is 7.88. The number of hydrazine groups is 1. The summed E-state index contributed by atoms with van der Waals surface area (Å²) in [7, 11) is 0. The normalized spacial score (nSPS) is 19.7. The van der Waals surface area contributed by atoms with Gasteiger partial charge in [0.25, 0.3) is 5.91 Å². The average molecular weight is 423 g/mol. The molecule has 1 N–H and O–H groups in total. The van der Waals surface area contributed by atoms with Crippen molar-refractivity contribution in [3.8, 4) is 0 Å². The molecule has 162 valence electrons. The second-order valence-corrected chi connectivity index (χ2v) is 8.68. The van der Waals surface area contributed by atoms with Gasteiger partial charge < -0.3 is 4.90 Å². The van der Waals surface area contributed by atoms with Crippen molar-refractivity contribution < 1.29 is 9.18 Å². The van der Waals surface area contributed by atoms with Crippen LogP contribution in [0.15, 0.2) is 30.7 Å². The zero-order chi connectivity index (χ0) is 21.5. The summed E-state index contributed by atoms with van der Waals surface area (Å²) in [6.07, 6.45) is 7.16. The van der Waals surface area contributed by atoms with Crippen molar-refractivity contribution in [1.82, 2.24) is 30.0 Å². The second-order valence-electron chi connectivity index (χ2n) is 8.68. The van der Waals surface area contributed by atoms with Gasteiger partial charge in [-0.1, -0.05) is 13.8 Å². The maximum Gasteiger partial charge on any atom is 0.271 e. The number of aromatic nitrogens is 4. The Balaban J connectivity index is 1.65. The first-order valence-corrected chi connectivity index (χ1v) is 10.8. The number of pyridine rings is 1. The lowest BCUT2D eigenvalue weighted by Crippen LogP contribution is -2.45. The lowest BCUT2D eigenvalue weighted by molar-refractivity contribution is 0.0769. The Bertz CT molecular complexity index is 1130. The van der Waals surface area contributed by atoms with Gasteiger partial charge in [0.2, 0.25) is 0 Å². The molecule has 8 nitrogen and oxygen atoms in total. The molecule has 1 unspecified atom stereocenters. The molecule has 0 radical (unpaired) electrons. The van der Waals surface area contributed by atoms with Crippen LogP contribution in [0.1, 0.15) is 54.3 Å². The van der Waals surface area contributed by atoms with Gasteiger partial charge >= 0.3 is 0 Å². The van der Waals surface area contributed by atoms with Crippen LogP contribution in [-0.2, 0) is 6.42 Å². The van der Waals surface area contributed by atoms with E-state index in [-0.39, 0.29) is 17.8 Å². The van der Waals surface area contributed by atoms with E-state index in [1.807, 2.05) is 17.3 Å². The van der Waals surface area contributed by atoms with Crippen molar-refractivity contribution in [2.75, 3.05) is 24.5 Å². The summed E-state index contributed by atoms with van der Waals surface area (Å²) in [5.41, 5.74) is 5.74. The van der Waals surface area contributed by atoms with Crippen LogP contribution in [-0.4, -0.2) is 50.1 Å². The van der Waals surface area contributed by atoms with Crippen LogP contribution in [0, 0.1) is 11.7 Å². The lowest BCUT2D eigenvalue weighted by Gasteiger charge is -2.28. The Morgan fingerprint density at radius 3 is 3.00 bits per heavy atom. The molecule has 0 aromatic carbocycles. The van der Waals surface area contributed by atoms with Crippen LogP contribution in [0.2, 0.25) is 0 Å². The molecule has 2 aliphatic rings. The fourth-order valence-electron chi connectivity index (χ4n) is 4.60. The van der Waals surface area contributed by atoms with E-state index in [0.29, 0.717) is 36.6 Å². The molecule has 5 rings (SSSR count). The van der Waals surface area contributed by atoms with E-state index in [1.165, 1.54) is 6.20 Å². The maximum absolute atomic E-state index is 14.2. The summed E-state index contributed by atoms with van der Waals surface area (Å²) >= 11 is 0. The number of hydrogen-bond donors (Lipinski definition) is 1. The largest absolute Gasteiger partial charge is 0.349 e. The summed E-state index contributed by atoms with van der Waals surface area (Å²) in [4.78, 5) is 24.5. The number of nitrogens with zero attached hydrogens (tertiary/aromatic N) is 6. The van der Waals surface area contributed by atoms with E-state index in [4.69, 9.17) is 4.98 Å². The summed E-state index contributed by atoms with van der Waals surface area (Å²) in [6, 6.07) is 3.51. The van der Waals surface area contributed by atoms with Crippen LogP contribution < -0.4 is 10.3 Å². The number of carbonyl (C=O) groups is 1. The standard InChI is InChI=1S/C22H26FN7O/c1-14(2)13-28-8-5-18-16(10-15(23)11-24-18)19-4-3-7-29(19)20-6-9-30-21(26-20)17(12-25-30)22(31)27-28/h6,9-12,14,19H,3-5,7-8,13H2,1-2H3,(H,27,31). The number of hydrogen-bond acceptors (Lipinski definition) is 6. The van der Waals surface area contributed by atoms with Gasteiger partial charge in [0.05, 0.1) is 18.4 Å². The molecule has 1 saturated heterocycles. The summed E-state index contributed by atoms with van der Waals surface area (Å²) in [6.45, 7) is 6.30. The molecule has 9 heteroatoms. The van der Waals surface area contributed by atoms with Crippen molar-refractivity contribution >= 4 is 17.4 Å². The first-order chi connectivity index (χ1) is 15.0. The van der Waals surface area contributed by atoms with E-state index >= 15 is 0 Å². The average Bonchev–Trinajstić information content (AvgIpc) is 3.38. The summed E-state index contributed by atoms with van der Waals surface area (Å²) in [5.74, 6) is 0.558. The van der Waals surface area contributed by atoms with Crippen LogP contribution >= 0.6 is 0 Å². The molecule has 0 saturated carbocycles. The van der Waals surface area contributed by atoms with Crippen molar-refractivity contribution in [2.45, 2.75) is 39.2 Å². The molecule has 5 heterocycles. The zero-order valence-electron chi connectivity index (χ0n) is 17.8. The minimum Gasteiger partial charge on any atom is -0.349 e. The third kappa shape index (κ3) is 3.74. The Morgan fingerprint density at radius 2 is 2.16 bits per heavy atom. The third-order valence-corrected chi connectivity index (χ3v) is 5.94. The third-order valence-electron chi connectivity index (χ3n) is 5.94. The Hall–Kier alpha value is -3.07. The highest BCUT2D eigenvalue weighted by Crippen LogP contribution is 2.37. The fraction of sp³-hybridized carbons (Fsp3) is 0.455. The highest BCUT2D eigenvalue weighted by Gasteiger charge is 2.31. The van der Waals surface area contributed by atoms with Gasteiger partial charge in [-0.05, 0) is 36.5 Å². The number of amides is 1. The molecule has 0 spiro atoms. The van der Waals surface area contributed by atoms with E-state index < -0.39 is 0 Å². The highest BCUT2D eigenvalue weighted by molar-refractivity contribution is 5.99. The number of rotatable bonds is 2. The van der Waals surface area contributed by atoms with E-state index in [0.717, 1.165) is 36.5 Å². The number of nitrogens with one attached hydrogen (secondary N) is 1. The minimum atomic E-state index is -0.330. The zero-order valence-corrected chi connectivity index (χ0v) is 17.8. The van der Waals surface area contributed by atoms with Gasteiger partial charge in [-0.25, -0.2) is 18.9 Å². The molecule has 0 aliphatic carbocycles.